The maximum Gasteiger partial charge on any atom is 0.248 e. The third-order valence-corrected chi connectivity index (χ3v) is 1.70. The quantitative estimate of drug-likeness (QED) is 0.679. The van der Waals surface area contributed by atoms with Crippen molar-refractivity contribution >= 4 is 5.91 Å². The van der Waals surface area contributed by atoms with Crippen molar-refractivity contribution in [1.82, 2.24) is 0 Å². The third-order valence-electron chi connectivity index (χ3n) is 1.70. The van der Waals surface area contributed by atoms with Gasteiger partial charge in [-0.3, -0.25) is 4.79 Å². The van der Waals surface area contributed by atoms with E-state index >= 15 is 0 Å². The molecule has 3 nitrogen and oxygen atoms in total. The van der Waals surface area contributed by atoms with Gasteiger partial charge in [0.1, 0.15) is 0 Å². The zero-order valence-corrected chi connectivity index (χ0v) is 6.95. The highest BCUT2D eigenvalue weighted by Gasteiger charge is 2.03. The molecule has 0 aromatic heterocycles. The number of benzene rings is 1. The van der Waals surface area contributed by atoms with E-state index in [4.69, 9.17) is 11.5 Å². The largest absolute Gasteiger partial charge is 0.366 e. The number of carbonyl (C=O) groups is 1. The Balaban J connectivity index is 3.04. The molecule has 0 spiro atoms. The number of hydrogen-bond donors (Lipinski definition) is 2. The van der Waals surface area contributed by atoms with E-state index in [1.54, 1.807) is 18.2 Å². The summed E-state index contributed by atoms with van der Waals surface area (Å²) in [6.07, 6.45) is 0. The molecule has 1 rings (SSSR count). The van der Waals surface area contributed by atoms with Crippen LogP contribution in [0.15, 0.2) is 24.3 Å². The van der Waals surface area contributed by atoms with Crippen molar-refractivity contribution in [3.63, 3.8) is 0 Å². The SMILES string of the molecule is C[C@H](N)c1cccc(C(N)=O)c1. The van der Waals surface area contributed by atoms with Gasteiger partial charge in [-0.25, -0.2) is 0 Å². The fourth-order valence-corrected chi connectivity index (χ4v) is 0.975. The van der Waals surface area contributed by atoms with E-state index in [-0.39, 0.29) is 6.04 Å². The molecule has 1 aromatic carbocycles. The van der Waals surface area contributed by atoms with Gasteiger partial charge in [0, 0.05) is 11.6 Å². The maximum absolute atomic E-state index is 10.8. The minimum absolute atomic E-state index is 0.0655. The number of hydrogen-bond acceptors (Lipinski definition) is 2. The molecule has 0 aliphatic carbocycles. The monoisotopic (exact) mass is 164 g/mol. The lowest BCUT2D eigenvalue weighted by molar-refractivity contribution is 0.1000. The Kier molecular flexibility index (Phi) is 2.45. The van der Waals surface area contributed by atoms with E-state index in [0.29, 0.717) is 5.56 Å². The van der Waals surface area contributed by atoms with Crippen LogP contribution in [-0.2, 0) is 0 Å². The summed E-state index contributed by atoms with van der Waals surface area (Å²) in [6.45, 7) is 1.86. The van der Waals surface area contributed by atoms with E-state index < -0.39 is 5.91 Å². The van der Waals surface area contributed by atoms with Crippen LogP contribution in [0.5, 0.6) is 0 Å². The van der Waals surface area contributed by atoms with Gasteiger partial charge < -0.3 is 11.5 Å². The highest BCUT2D eigenvalue weighted by Crippen LogP contribution is 2.10. The van der Waals surface area contributed by atoms with Gasteiger partial charge >= 0.3 is 0 Å². The van der Waals surface area contributed by atoms with E-state index in [2.05, 4.69) is 0 Å². The van der Waals surface area contributed by atoms with E-state index in [1.165, 1.54) is 0 Å². The predicted octanol–water partition coefficient (Wildman–Crippen LogP) is 0.805. The molecule has 12 heavy (non-hydrogen) atoms. The molecular weight excluding hydrogens is 152 g/mol. The van der Waals surface area contributed by atoms with E-state index in [1.807, 2.05) is 13.0 Å². The molecule has 1 aromatic rings. The molecule has 1 amide bonds. The molecule has 0 aliphatic rings. The topological polar surface area (TPSA) is 69.1 Å². The van der Waals surface area contributed by atoms with Gasteiger partial charge in [0.05, 0.1) is 0 Å². The lowest BCUT2D eigenvalue weighted by atomic mass is 10.1. The number of primary amides is 1. The summed E-state index contributed by atoms with van der Waals surface area (Å²) in [5.41, 5.74) is 12.2. The minimum atomic E-state index is -0.419. The normalized spacial score (nSPS) is 12.5. The molecule has 0 unspecified atom stereocenters. The molecule has 1 atom stereocenters. The molecule has 4 N–H and O–H groups in total. The zero-order chi connectivity index (χ0) is 9.14. The molecule has 64 valence electrons. The van der Waals surface area contributed by atoms with Crippen molar-refractivity contribution < 1.29 is 4.79 Å². The second-order valence-corrected chi connectivity index (χ2v) is 2.78. The van der Waals surface area contributed by atoms with Crippen LogP contribution in [0.2, 0.25) is 0 Å². The molecule has 0 aliphatic heterocycles. The molecule has 0 bridgehead atoms. The fourth-order valence-electron chi connectivity index (χ4n) is 0.975. The predicted molar refractivity (Wildman–Crippen MR) is 47.6 cm³/mol. The van der Waals surface area contributed by atoms with Crippen molar-refractivity contribution in [2.75, 3.05) is 0 Å². The Bertz CT molecular complexity index is 294. The zero-order valence-electron chi connectivity index (χ0n) is 6.95. The van der Waals surface area contributed by atoms with Crippen molar-refractivity contribution in [3.8, 4) is 0 Å². The Hall–Kier alpha value is -1.35. The second kappa shape index (κ2) is 3.36. The average Bonchev–Trinajstić information content (AvgIpc) is 2.04. The molecule has 0 fully saturated rings. The van der Waals surface area contributed by atoms with Crippen molar-refractivity contribution in [1.29, 1.82) is 0 Å². The van der Waals surface area contributed by atoms with Crippen LogP contribution in [0.3, 0.4) is 0 Å². The maximum atomic E-state index is 10.8. The van der Waals surface area contributed by atoms with Crippen molar-refractivity contribution in [2.45, 2.75) is 13.0 Å². The van der Waals surface area contributed by atoms with Gasteiger partial charge in [0.15, 0.2) is 0 Å². The first-order valence-electron chi connectivity index (χ1n) is 3.76. The van der Waals surface area contributed by atoms with E-state index in [0.717, 1.165) is 5.56 Å². The van der Waals surface area contributed by atoms with Crippen molar-refractivity contribution in [3.05, 3.63) is 35.4 Å². The van der Waals surface area contributed by atoms with Crippen LogP contribution in [0, 0.1) is 0 Å². The van der Waals surface area contributed by atoms with Crippen molar-refractivity contribution in [2.24, 2.45) is 11.5 Å². The van der Waals surface area contributed by atoms with Crippen LogP contribution >= 0.6 is 0 Å². The molecular formula is C9H12N2O. The summed E-state index contributed by atoms with van der Waals surface area (Å²) in [5, 5.41) is 0. The summed E-state index contributed by atoms with van der Waals surface area (Å²) in [7, 11) is 0. The van der Waals surface area contributed by atoms with Crippen LogP contribution < -0.4 is 11.5 Å². The average molecular weight is 164 g/mol. The highest BCUT2D eigenvalue weighted by molar-refractivity contribution is 5.92. The fraction of sp³-hybridized carbons (Fsp3) is 0.222. The van der Waals surface area contributed by atoms with Gasteiger partial charge in [-0.1, -0.05) is 12.1 Å². The standard InChI is InChI=1S/C9H12N2O/c1-6(10)7-3-2-4-8(5-7)9(11)12/h2-6H,10H2,1H3,(H2,11,12)/t6-/m0/s1. The number of nitrogens with two attached hydrogens (primary N) is 2. The minimum Gasteiger partial charge on any atom is -0.366 e. The summed E-state index contributed by atoms with van der Waals surface area (Å²) in [5.74, 6) is -0.419. The Labute approximate surface area is 71.4 Å². The van der Waals surface area contributed by atoms with Crippen LogP contribution in [0.25, 0.3) is 0 Å². The number of amides is 1. The van der Waals surface area contributed by atoms with Crippen LogP contribution in [0.4, 0.5) is 0 Å². The first-order chi connectivity index (χ1) is 5.61. The molecule has 3 heteroatoms. The number of rotatable bonds is 2. The summed E-state index contributed by atoms with van der Waals surface area (Å²) >= 11 is 0. The molecule has 0 saturated heterocycles. The Morgan fingerprint density at radius 2 is 2.17 bits per heavy atom. The van der Waals surface area contributed by atoms with Crippen LogP contribution in [0.1, 0.15) is 28.9 Å². The highest BCUT2D eigenvalue weighted by atomic mass is 16.1. The first kappa shape index (κ1) is 8.74. The lowest BCUT2D eigenvalue weighted by Gasteiger charge is -2.05. The lowest BCUT2D eigenvalue weighted by Crippen LogP contribution is -2.12. The number of carbonyl (C=O) groups excluding carboxylic acids is 1. The Morgan fingerprint density at radius 3 is 2.67 bits per heavy atom. The van der Waals surface area contributed by atoms with Gasteiger partial charge in [0.2, 0.25) is 5.91 Å². The summed E-state index contributed by atoms with van der Waals surface area (Å²) in [6, 6.07) is 6.97. The third kappa shape index (κ3) is 1.83. The molecule has 0 heterocycles. The smallest absolute Gasteiger partial charge is 0.248 e. The van der Waals surface area contributed by atoms with Gasteiger partial charge in [-0.2, -0.15) is 0 Å². The Morgan fingerprint density at radius 1 is 1.50 bits per heavy atom. The summed E-state index contributed by atoms with van der Waals surface area (Å²) in [4.78, 5) is 10.8. The van der Waals surface area contributed by atoms with Gasteiger partial charge in [0.25, 0.3) is 0 Å². The van der Waals surface area contributed by atoms with Crippen LogP contribution in [-0.4, -0.2) is 5.91 Å². The van der Waals surface area contributed by atoms with Gasteiger partial charge in [-0.15, -0.1) is 0 Å². The molecule has 0 radical (unpaired) electrons. The van der Waals surface area contributed by atoms with Gasteiger partial charge in [-0.05, 0) is 24.6 Å². The second-order valence-electron chi connectivity index (χ2n) is 2.78. The first-order valence-corrected chi connectivity index (χ1v) is 3.76. The molecule has 0 saturated carbocycles. The van der Waals surface area contributed by atoms with E-state index in [9.17, 15) is 4.79 Å². The summed E-state index contributed by atoms with van der Waals surface area (Å²) < 4.78 is 0.